The first-order valence-corrected chi connectivity index (χ1v) is 6.93. The molecule has 0 saturated carbocycles. The lowest BCUT2D eigenvalue weighted by Gasteiger charge is -2.05. The predicted octanol–water partition coefficient (Wildman–Crippen LogP) is 5.13. The van der Waals surface area contributed by atoms with E-state index in [1.165, 1.54) is 18.9 Å². The van der Waals surface area contributed by atoms with Gasteiger partial charge in [-0.25, -0.2) is 4.39 Å². The van der Waals surface area contributed by atoms with Gasteiger partial charge in [0.15, 0.2) is 5.78 Å². The zero-order valence-electron chi connectivity index (χ0n) is 10.1. The lowest BCUT2D eigenvalue weighted by molar-refractivity contribution is 0.0974. The fourth-order valence-electron chi connectivity index (χ4n) is 1.78. The maximum Gasteiger partial charge on any atom is 0.166 e. The molecule has 1 nitrogen and oxygen atoms in total. The zero-order valence-corrected chi connectivity index (χ0v) is 11.7. The number of rotatable bonds is 7. The van der Waals surface area contributed by atoms with Crippen LogP contribution in [0.1, 0.15) is 55.8 Å². The van der Waals surface area contributed by atoms with Crippen molar-refractivity contribution < 1.29 is 9.18 Å². The molecule has 94 valence electrons. The highest BCUT2D eigenvalue weighted by Crippen LogP contribution is 2.22. The number of unbranched alkanes of at least 4 members (excludes halogenated alkanes) is 4. The molecule has 0 unspecified atom stereocenters. The van der Waals surface area contributed by atoms with Gasteiger partial charge >= 0.3 is 0 Å². The van der Waals surface area contributed by atoms with E-state index in [-0.39, 0.29) is 11.3 Å². The normalized spacial score (nSPS) is 10.5. The SMILES string of the molecule is CCCCCCCC(=O)c1c(F)cccc1Br. The lowest BCUT2D eigenvalue weighted by atomic mass is 10.0. The van der Waals surface area contributed by atoms with Crippen LogP contribution in [0.25, 0.3) is 0 Å². The van der Waals surface area contributed by atoms with Crippen molar-refractivity contribution in [3.8, 4) is 0 Å². The Morgan fingerprint density at radius 3 is 2.59 bits per heavy atom. The number of benzene rings is 1. The average Bonchev–Trinajstić information content (AvgIpc) is 2.28. The minimum Gasteiger partial charge on any atom is -0.294 e. The summed E-state index contributed by atoms with van der Waals surface area (Å²) >= 11 is 3.22. The van der Waals surface area contributed by atoms with Crippen molar-refractivity contribution in [1.29, 1.82) is 0 Å². The summed E-state index contributed by atoms with van der Waals surface area (Å²) in [6, 6.07) is 4.62. The van der Waals surface area contributed by atoms with E-state index in [9.17, 15) is 9.18 Å². The number of hydrogen-bond donors (Lipinski definition) is 0. The molecule has 0 N–H and O–H groups in total. The predicted molar refractivity (Wildman–Crippen MR) is 71.8 cm³/mol. The summed E-state index contributed by atoms with van der Waals surface area (Å²) in [6.07, 6.45) is 5.88. The second kappa shape index (κ2) is 7.59. The molecule has 3 heteroatoms. The van der Waals surface area contributed by atoms with Crippen LogP contribution in [-0.4, -0.2) is 5.78 Å². The summed E-state index contributed by atoms with van der Waals surface area (Å²) in [7, 11) is 0. The van der Waals surface area contributed by atoms with Crippen LogP contribution < -0.4 is 0 Å². The standard InChI is InChI=1S/C14H18BrFO/c1-2-3-4-5-6-10-13(17)14-11(15)8-7-9-12(14)16/h7-9H,2-6,10H2,1H3. The molecule has 17 heavy (non-hydrogen) atoms. The van der Waals surface area contributed by atoms with Crippen molar-refractivity contribution in [3.63, 3.8) is 0 Å². The second-order valence-corrected chi connectivity index (χ2v) is 5.04. The first kappa shape index (κ1) is 14.4. The largest absolute Gasteiger partial charge is 0.294 e. The van der Waals surface area contributed by atoms with Gasteiger partial charge in [0.2, 0.25) is 0 Å². The van der Waals surface area contributed by atoms with E-state index in [0.717, 1.165) is 19.3 Å². The highest BCUT2D eigenvalue weighted by atomic mass is 79.9. The van der Waals surface area contributed by atoms with E-state index < -0.39 is 5.82 Å². The van der Waals surface area contributed by atoms with Crippen LogP contribution in [0.15, 0.2) is 22.7 Å². The highest BCUT2D eigenvalue weighted by Gasteiger charge is 2.14. The van der Waals surface area contributed by atoms with Crippen LogP contribution in [0.4, 0.5) is 4.39 Å². The lowest BCUT2D eigenvalue weighted by Crippen LogP contribution is -2.03. The number of halogens is 2. The van der Waals surface area contributed by atoms with Crippen molar-refractivity contribution in [3.05, 3.63) is 34.1 Å². The van der Waals surface area contributed by atoms with Crippen molar-refractivity contribution in [2.75, 3.05) is 0 Å². The van der Waals surface area contributed by atoms with Gasteiger partial charge in [-0.05, 0) is 34.5 Å². The van der Waals surface area contributed by atoms with Gasteiger partial charge in [-0.2, -0.15) is 0 Å². The summed E-state index contributed by atoms with van der Waals surface area (Å²) in [5.41, 5.74) is 0.197. The number of Topliss-reactive ketones (excluding diaryl/α,β-unsaturated/α-hetero) is 1. The van der Waals surface area contributed by atoms with E-state index in [2.05, 4.69) is 22.9 Å². The van der Waals surface area contributed by atoms with Gasteiger partial charge in [-0.3, -0.25) is 4.79 Å². The maximum atomic E-state index is 13.5. The summed E-state index contributed by atoms with van der Waals surface area (Å²) in [6.45, 7) is 2.15. The molecular formula is C14H18BrFO. The van der Waals surface area contributed by atoms with Crippen molar-refractivity contribution in [2.24, 2.45) is 0 Å². The molecule has 1 rings (SSSR count). The molecule has 0 radical (unpaired) electrons. The number of carbonyl (C=O) groups excluding carboxylic acids is 1. The van der Waals surface area contributed by atoms with Crippen LogP contribution in [0.2, 0.25) is 0 Å². The number of hydrogen-bond acceptors (Lipinski definition) is 1. The maximum absolute atomic E-state index is 13.5. The topological polar surface area (TPSA) is 17.1 Å². The molecule has 0 heterocycles. The minimum atomic E-state index is -0.432. The summed E-state index contributed by atoms with van der Waals surface area (Å²) in [5, 5.41) is 0. The third-order valence-corrected chi connectivity index (χ3v) is 3.41. The molecule has 0 atom stereocenters. The quantitative estimate of drug-likeness (QED) is 0.504. The van der Waals surface area contributed by atoms with Gasteiger partial charge in [-0.1, -0.05) is 38.7 Å². The Labute approximate surface area is 111 Å². The monoisotopic (exact) mass is 300 g/mol. The molecule has 1 aromatic carbocycles. The second-order valence-electron chi connectivity index (χ2n) is 4.18. The van der Waals surface area contributed by atoms with Crippen molar-refractivity contribution in [1.82, 2.24) is 0 Å². The Hall–Kier alpha value is -0.700. The molecule has 0 aliphatic carbocycles. The molecule has 0 amide bonds. The molecule has 0 spiro atoms. The fraction of sp³-hybridized carbons (Fsp3) is 0.500. The fourth-order valence-corrected chi connectivity index (χ4v) is 2.34. The Morgan fingerprint density at radius 2 is 1.94 bits per heavy atom. The Bertz CT molecular complexity index is 356. The van der Waals surface area contributed by atoms with Crippen LogP contribution in [0.5, 0.6) is 0 Å². The van der Waals surface area contributed by atoms with E-state index >= 15 is 0 Å². The molecule has 0 bridgehead atoms. The third kappa shape index (κ3) is 4.58. The molecule has 0 fully saturated rings. The van der Waals surface area contributed by atoms with E-state index in [0.29, 0.717) is 10.9 Å². The van der Waals surface area contributed by atoms with Gasteiger partial charge in [0.1, 0.15) is 5.82 Å². The first-order valence-electron chi connectivity index (χ1n) is 6.14. The van der Waals surface area contributed by atoms with Gasteiger partial charge in [0.05, 0.1) is 5.56 Å². The van der Waals surface area contributed by atoms with Gasteiger partial charge in [0.25, 0.3) is 0 Å². The smallest absolute Gasteiger partial charge is 0.166 e. The zero-order chi connectivity index (χ0) is 12.7. The van der Waals surface area contributed by atoms with Crippen LogP contribution in [-0.2, 0) is 0 Å². The molecule has 0 aliphatic rings. The van der Waals surface area contributed by atoms with E-state index in [1.54, 1.807) is 12.1 Å². The third-order valence-electron chi connectivity index (χ3n) is 2.75. The minimum absolute atomic E-state index is 0.105. The summed E-state index contributed by atoms with van der Waals surface area (Å²) in [4.78, 5) is 11.8. The summed E-state index contributed by atoms with van der Waals surface area (Å²) < 4.78 is 14.0. The van der Waals surface area contributed by atoms with E-state index in [4.69, 9.17) is 0 Å². The number of carbonyl (C=O) groups is 1. The summed E-state index contributed by atoms with van der Waals surface area (Å²) in [5.74, 6) is -0.538. The van der Waals surface area contributed by atoms with E-state index in [1.807, 2.05) is 0 Å². The molecule has 0 aromatic heterocycles. The molecule has 0 aliphatic heterocycles. The first-order chi connectivity index (χ1) is 8.16. The average molecular weight is 301 g/mol. The van der Waals surface area contributed by atoms with Crippen LogP contribution >= 0.6 is 15.9 Å². The van der Waals surface area contributed by atoms with Crippen molar-refractivity contribution in [2.45, 2.75) is 45.4 Å². The van der Waals surface area contributed by atoms with Gasteiger partial charge in [0, 0.05) is 10.9 Å². The Balaban J connectivity index is 2.47. The number of ketones is 1. The molecule has 1 aromatic rings. The molecule has 0 saturated heterocycles. The molecular weight excluding hydrogens is 283 g/mol. The van der Waals surface area contributed by atoms with Gasteiger partial charge < -0.3 is 0 Å². The Morgan fingerprint density at radius 1 is 1.24 bits per heavy atom. The Kier molecular flexibility index (Phi) is 6.41. The highest BCUT2D eigenvalue weighted by molar-refractivity contribution is 9.10. The van der Waals surface area contributed by atoms with Crippen LogP contribution in [0.3, 0.4) is 0 Å². The van der Waals surface area contributed by atoms with Crippen LogP contribution in [0, 0.1) is 5.82 Å². The van der Waals surface area contributed by atoms with Crippen molar-refractivity contribution >= 4 is 21.7 Å². The van der Waals surface area contributed by atoms with Gasteiger partial charge in [-0.15, -0.1) is 0 Å².